The van der Waals surface area contributed by atoms with Gasteiger partial charge in [-0.25, -0.2) is 17.6 Å². The van der Waals surface area contributed by atoms with Crippen LogP contribution in [-0.2, 0) is 0 Å². The predicted octanol–water partition coefficient (Wildman–Crippen LogP) is 7.01. The normalized spacial score (nSPS) is 10.9. The van der Waals surface area contributed by atoms with Gasteiger partial charge in [0.15, 0.2) is 0 Å². The number of aromatic nitrogens is 2. The maximum Gasteiger partial charge on any atom is 0.141 e. The number of benzene rings is 3. The first-order valence-electron chi connectivity index (χ1n) is 9.95. The van der Waals surface area contributed by atoms with E-state index in [-0.39, 0.29) is 44.4 Å². The number of nitrogens with zero attached hydrogens (tertiary/aromatic N) is 2. The van der Waals surface area contributed by atoms with Crippen LogP contribution in [0, 0.1) is 30.2 Å². The fraction of sp³-hybridized carbons (Fsp3) is 0.120. The number of ether oxygens (including phenoxy) is 2. The Hall–Kier alpha value is -3.65. The molecular weight excluding hydrogens is 472 g/mol. The van der Waals surface area contributed by atoms with Crippen molar-refractivity contribution in [1.29, 1.82) is 0 Å². The molecule has 0 fully saturated rings. The van der Waals surface area contributed by atoms with Crippen LogP contribution in [0.2, 0.25) is 5.02 Å². The highest BCUT2D eigenvalue weighted by molar-refractivity contribution is 6.35. The van der Waals surface area contributed by atoms with E-state index < -0.39 is 28.8 Å². The van der Waals surface area contributed by atoms with Gasteiger partial charge in [0.1, 0.15) is 40.5 Å². The predicted molar refractivity (Wildman–Crippen MR) is 121 cm³/mol. The number of rotatable bonds is 5. The molecule has 1 aromatic heterocycles. The molecule has 0 radical (unpaired) electrons. The number of methoxy groups -OCH3 is 2. The number of aryl methyl sites for hydroxylation is 1. The van der Waals surface area contributed by atoms with Crippen molar-refractivity contribution in [3.63, 3.8) is 0 Å². The van der Waals surface area contributed by atoms with E-state index in [4.69, 9.17) is 21.1 Å². The van der Waals surface area contributed by atoms with Gasteiger partial charge in [-0.1, -0.05) is 23.7 Å². The summed E-state index contributed by atoms with van der Waals surface area (Å²) in [6.07, 6.45) is 0. The Labute approximate surface area is 197 Å². The molecule has 0 amide bonds. The monoisotopic (exact) mass is 488 g/mol. The number of hydrogen-bond donors (Lipinski definition) is 0. The van der Waals surface area contributed by atoms with Crippen LogP contribution in [-0.4, -0.2) is 24.4 Å². The van der Waals surface area contributed by atoms with E-state index in [0.717, 1.165) is 0 Å². The molecule has 9 heteroatoms. The molecule has 4 nitrogen and oxygen atoms in total. The average Bonchev–Trinajstić information content (AvgIpc) is 2.80. The van der Waals surface area contributed by atoms with E-state index in [1.165, 1.54) is 51.5 Å². The molecule has 174 valence electrons. The minimum absolute atomic E-state index is 0.0204. The van der Waals surface area contributed by atoms with Crippen LogP contribution in [0.15, 0.2) is 48.5 Å². The third-order valence-electron chi connectivity index (χ3n) is 5.27. The summed E-state index contributed by atoms with van der Waals surface area (Å²) in [5.74, 6) is -3.54. The lowest BCUT2D eigenvalue weighted by atomic mass is 9.89. The van der Waals surface area contributed by atoms with E-state index in [0.29, 0.717) is 17.9 Å². The molecule has 0 saturated carbocycles. The Morgan fingerprint density at radius 2 is 1.41 bits per heavy atom. The van der Waals surface area contributed by atoms with E-state index in [2.05, 4.69) is 10.2 Å². The summed E-state index contributed by atoms with van der Waals surface area (Å²) in [6, 6.07) is 9.87. The van der Waals surface area contributed by atoms with Gasteiger partial charge in [0.05, 0.1) is 30.5 Å². The summed E-state index contributed by atoms with van der Waals surface area (Å²) in [6.45, 7) is 1.48. The first-order chi connectivity index (χ1) is 16.3. The fourth-order valence-electron chi connectivity index (χ4n) is 3.74. The summed E-state index contributed by atoms with van der Waals surface area (Å²) in [4.78, 5) is 0. The van der Waals surface area contributed by atoms with Crippen LogP contribution in [0.3, 0.4) is 0 Å². The van der Waals surface area contributed by atoms with Crippen molar-refractivity contribution in [2.45, 2.75) is 6.92 Å². The molecule has 0 N–H and O–H groups in total. The molecule has 0 aliphatic carbocycles. The van der Waals surface area contributed by atoms with Gasteiger partial charge in [-0.15, -0.1) is 5.10 Å². The summed E-state index contributed by atoms with van der Waals surface area (Å²) in [5.41, 5.74) is -0.250. The van der Waals surface area contributed by atoms with Gasteiger partial charge in [-0.3, -0.25) is 0 Å². The Balaban J connectivity index is 2.22. The van der Waals surface area contributed by atoms with Gasteiger partial charge in [0.2, 0.25) is 0 Å². The van der Waals surface area contributed by atoms with Crippen molar-refractivity contribution in [3.05, 3.63) is 82.5 Å². The third kappa shape index (κ3) is 4.05. The lowest BCUT2D eigenvalue weighted by Gasteiger charge is -2.20. The summed E-state index contributed by atoms with van der Waals surface area (Å²) >= 11 is 6.62. The number of hydrogen-bond acceptors (Lipinski definition) is 4. The fourth-order valence-corrected chi connectivity index (χ4v) is 4.02. The summed E-state index contributed by atoms with van der Waals surface area (Å²) in [7, 11) is 2.80. The first kappa shape index (κ1) is 23.5. The summed E-state index contributed by atoms with van der Waals surface area (Å²) in [5, 5.41) is 8.25. The minimum Gasteiger partial charge on any atom is -0.497 e. The second-order valence-corrected chi connectivity index (χ2v) is 7.68. The average molecular weight is 489 g/mol. The highest BCUT2D eigenvalue weighted by Gasteiger charge is 2.28. The lowest BCUT2D eigenvalue weighted by molar-refractivity contribution is 0.395. The molecule has 3 aromatic carbocycles. The lowest BCUT2D eigenvalue weighted by Crippen LogP contribution is -2.05. The zero-order valence-electron chi connectivity index (χ0n) is 18.2. The van der Waals surface area contributed by atoms with Crippen LogP contribution in [0.5, 0.6) is 11.5 Å². The topological polar surface area (TPSA) is 44.2 Å². The van der Waals surface area contributed by atoms with Gasteiger partial charge in [-0.05, 0) is 25.1 Å². The van der Waals surface area contributed by atoms with Crippen LogP contribution in [0.25, 0.3) is 33.5 Å². The van der Waals surface area contributed by atoms with Crippen LogP contribution < -0.4 is 9.47 Å². The zero-order chi connectivity index (χ0) is 24.6. The Morgan fingerprint density at radius 3 is 2.03 bits per heavy atom. The smallest absolute Gasteiger partial charge is 0.141 e. The van der Waals surface area contributed by atoms with Gasteiger partial charge in [-0.2, -0.15) is 5.10 Å². The molecular formula is C25H17ClF4N2O2. The van der Waals surface area contributed by atoms with Gasteiger partial charge < -0.3 is 9.47 Å². The Kier molecular flexibility index (Phi) is 6.43. The molecule has 34 heavy (non-hydrogen) atoms. The molecule has 0 spiro atoms. The van der Waals surface area contributed by atoms with E-state index >= 15 is 0 Å². The maximum absolute atomic E-state index is 15.0. The zero-order valence-corrected chi connectivity index (χ0v) is 19.0. The standard InChI is InChI=1S/C25H17ClF4N2O2/c1-12-21(23-18(29)8-13(27)9-19(23)30)22(16-10-14(33-2)11-20(34-3)24(16)26)25(32-31-12)15-6-4-5-7-17(15)28/h4-11H,1-3H3. The Bertz CT molecular complexity index is 1390. The largest absolute Gasteiger partial charge is 0.497 e. The molecule has 0 bridgehead atoms. The van der Waals surface area contributed by atoms with Crippen LogP contribution in [0.1, 0.15) is 5.69 Å². The molecule has 4 rings (SSSR count). The van der Waals surface area contributed by atoms with E-state index in [9.17, 15) is 17.6 Å². The summed E-state index contributed by atoms with van der Waals surface area (Å²) < 4.78 is 69.2. The highest BCUT2D eigenvalue weighted by atomic mass is 35.5. The highest BCUT2D eigenvalue weighted by Crippen LogP contribution is 2.48. The van der Waals surface area contributed by atoms with Gasteiger partial charge >= 0.3 is 0 Å². The van der Waals surface area contributed by atoms with Gasteiger partial charge in [0.25, 0.3) is 0 Å². The second kappa shape index (κ2) is 9.30. The molecule has 0 atom stereocenters. The first-order valence-corrected chi connectivity index (χ1v) is 10.3. The molecule has 0 aliphatic rings. The van der Waals surface area contributed by atoms with Gasteiger partial charge in [0, 0.05) is 40.5 Å². The van der Waals surface area contributed by atoms with Crippen molar-refractivity contribution < 1.29 is 27.0 Å². The Morgan fingerprint density at radius 1 is 0.735 bits per heavy atom. The quantitative estimate of drug-likeness (QED) is 0.283. The molecule has 4 aromatic rings. The molecule has 0 saturated heterocycles. The van der Waals surface area contributed by atoms with Crippen molar-refractivity contribution in [2.24, 2.45) is 0 Å². The second-order valence-electron chi connectivity index (χ2n) is 7.30. The van der Waals surface area contributed by atoms with E-state index in [1.807, 2.05) is 0 Å². The third-order valence-corrected chi connectivity index (χ3v) is 5.66. The minimum atomic E-state index is -1.17. The van der Waals surface area contributed by atoms with Crippen molar-refractivity contribution in [3.8, 4) is 45.0 Å². The van der Waals surface area contributed by atoms with E-state index in [1.54, 1.807) is 6.07 Å². The van der Waals surface area contributed by atoms with Crippen molar-refractivity contribution in [1.82, 2.24) is 10.2 Å². The number of halogens is 5. The molecule has 1 heterocycles. The maximum atomic E-state index is 15.0. The molecule has 0 unspecified atom stereocenters. The van der Waals surface area contributed by atoms with Crippen LogP contribution >= 0.6 is 11.6 Å². The van der Waals surface area contributed by atoms with Crippen molar-refractivity contribution >= 4 is 11.6 Å². The SMILES string of the molecule is COc1cc(OC)c(Cl)c(-c2c(-c3ccccc3F)nnc(C)c2-c2c(F)cc(F)cc2F)c1. The van der Waals surface area contributed by atoms with Crippen molar-refractivity contribution in [2.75, 3.05) is 14.2 Å². The van der Waals surface area contributed by atoms with Crippen LogP contribution in [0.4, 0.5) is 17.6 Å². The molecule has 0 aliphatic heterocycles.